The van der Waals surface area contributed by atoms with E-state index in [9.17, 15) is 4.79 Å². The number of carbonyl (C=O) groups is 1. The van der Waals surface area contributed by atoms with Gasteiger partial charge in [0.05, 0.1) is 11.9 Å². The van der Waals surface area contributed by atoms with Crippen molar-refractivity contribution in [2.45, 2.75) is 25.3 Å². The van der Waals surface area contributed by atoms with Crippen LogP contribution in [0.5, 0.6) is 0 Å². The Hall–Kier alpha value is -0.0800. The third-order valence-electron chi connectivity index (χ3n) is 1.83. The van der Waals surface area contributed by atoms with E-state index < -0.39 is 0 Å². The number of hydrogen-bond donors (Lipinski definition) is 1. The van der Waals surface area contributed by atoms with E-state index in [-0.39, 0.29) is 17.7 Å². The number of halogens is 1. The molecule has 3 heteroatoms. The van der Waals surface area contributed by atoms with Gasteiger partial charge in [0.1, 0.15) is 0 Å². The maximum absolute atomic E-state index is 11.0. The summed E-state index contributed by atoms with van der Waals surface area (Å²) < 4.78 is 0. The van der Waals surface area contributed by atoms with Crippen molar-refractivity contribution in [2.75, 3.05) is 12.4 Å². The van der Waals surface area contributed by atoms with E-state index >= 15 is 0 Å². The van der Waals surface area contributed by atoms with E-state index in [0.29, 0.717) is 0 Å². The average Bonchev–Trinajstić information content (AvgIpc) is 2.05. The molecule has 1 aliphatic rings. The molecule has 1 atom stereocenters. The molecule has 1 heterocycles. The molecule has 0 aromatic rings. The minimum Gasteiger partial charge on any atom is -0.307 e. The Morgan fingerprint density at radius 1 is 1.60 bits per heavy atom. The lowest BCUT2D eigenvalue weighted by molar-refractivity contribution is -0.119. The van der Waals surface area contributed by atoms with Crippen molar-refractivity contribution in [3.63, 3.8) is 0 Å². The highest BCUT2D eigenvalue weighted by molar-refractivity contribution is 6.28. The van der Waals surface area contributed by atoms with Gasteiger partial charge >= 0.3 is 0 Å². The summed E-state index contributed by atoms with van der Waals surface area (Å²) in [5.41, 5.74) is 0. The van der Waals surface area contributed by atoms with Gasteiger partial charge in [0.2, 0.25) is 0 Å². The molecule has 0 radical (unpaired) electrons. The first-order valence-electron chi connectivity index (χ1n) is 3.66. The number of piperidine rings is 1. The van der Waals surface area contributed by atoms with Crippen LogP contribution < -0.4 is 5.32 Å². The number of rotatable bonds is 2. The Bertz CT molecular complexity index is 121. The molecule has 1 fully saturated rings. The molecule has 1 N–H and O–H groups in total. The summed E-state index contributed by atoms with van der Waals surface area (Å²) >= 11 is 5.40. The lowest BCUT2D eigenvalue weighted by atomic mass is 10.0. The fraction of sp³-hybridized carbons (Fsp3) is 0.857. The monoisotopic (exact) mass is 161 g/mol. The van der Waals surface area contributed by atoms with Gasteiger partial charge < -0.3 is 5.32 Å². The molecule has 0 saturated carbocycles. The fourth-order valence-corrected chi connectivity index (χ4v) is 1.41. The molecule has 0 aliphatic carbocycles. The van der Waals surface area contributed by atoms with Gasteiger partial charge in [-0.2, -0.15) is 0 Å². The Labute approximate surface area is 65.9 Å². The summed E-state index contributed by atoms with van der Waals surface area (Å²) in [5.74, 6) is 0.291. The van der Waals surface area contributed by atoms with Crippen LogP contribution in [-0.4, -0.2) is 24.2 Å². The Balaban J connectivity index is 2.31. The van der Waals surface area contributed by atoms with Gasteiger partial charge in [0.25, 0.3) is 0 Å². The van der Waals surface area contributed by atoms with Crippen LogP contribution in [0.4, 0.5) is 0 Å². The maximum atomic E-state index is 11.0. The minimum atomic E-state index is 0.0475. The molecule has 1 unspecified atom stereocenters. The first-order chi connectivity index (χ1) is 4.84. The van der Waals surface area contributed by atoms with Crippen LogP contribution in [0, 0.1) is 0 Å². The minimum absolute atomic E-state index is 0.0475. The zero-order chi connectivity index (χ0) is 7.40. The van der Waals surface area contributed by atoms with Crippen LogP contribution in [0.1, 0.15) is 19.3 Å². The SMILES string of the molecule is O=C(CCl)C1CCCCN1. The maximum Gasteiger partial charge on any atom is 0.164 e. The molecule has 1 rings (SSSR count). The molecule has 0 aromatic carbocycles. The van der Waals surface area contributed by atoms with Crippen molar-refractivity contribution in [2.24, 2.45) is 0 Å². The predicted octanol–water partition coefficient (Wildman–Crippen LogP) is 0.936. The molecular formula is C7H12ClNO. The second-order valence-electron chi connectivity index (χ2n) is 2.60. The van der Waals surface area contributed by atoms with Crippen molar-refractivity contribution in [3.05, 3.63) is 0 Å². The topological polar surface area (TPSA) is 29.1 Å². The third kappa shape index (κ3) is 1.96. The molecule has 0 aromatic heterocycles. The molecular weight excluding hydrogens is 150 g/mol. The predicted molar refractivity (Wildman–Crippen MR) is 41.4 cm³/mol. The largest absolute Gasteiger partial charge is 0.307 e. The molecule has 0 bridgehead atoms. The molecule has 1 saturated heterocycles. The lowest BCUT2D eigenvalue weighted by Gasteiger charge is -2.20. The number of Topliss-reactive ketones (excluding diaryl/α,β-unsaturated/α-hetero) is 1. The van der Waals surface area contributed by atoms with Crippen LogP contribution in [0.15, 0.2) is 0 Å². The van der Waals surface area contributed by atoms with Gasteiger partial charge in [-0.05, 0) is 19.4 Å². The van der Waals surface area contributed by atoms with E-state index in [1.54, 1.807) is 0 Å². The Morgan fingerprint density at radius 2 is 2.40 bits per heavy atom. The smallest absolute Gasteiger partial charge is 0.164 e. The van der Waals surface area contributed by atoms with Crippen molar-refractivity contribution >= 4 is 17.4 Å². The van der Waals surface area contributed by atoms with Gasteiger partial charge in [-0.15, -0.1) is 11.6 Å². The molecule has 0 spiro atoms. The standard InChI is InChI=1S/C7H12ClNO/c8-5-7(10)6-3-1-2-4-9-6/h6,9H,1-5H2. The van der Waals surface area contributed by atoms with Crippen LogP contribution in [0.3, 0.4) is 0 Å². The van der Waals surface area contributed by atoms with Crippen LogP contribution in [0.25, 0.3) is 0 Å². The van der Waals surface area contributed by atoms with Gasteiger partial charge in [-0.3, -0.25) is 4.79 Å². The molecule has 58 valence electrons. The lowest BCUT2D eigenvalue weighted by Crippen LogP contribution is -2.40. The quantitative estimate of drug-likeness (QED) is 0.611. The van der Waals surface area contributed by atoms with Crippen molar-refractivity contribution in [1.82, 2.24) is 5.32 Å². The third-order valence-corrected chi connectivity index (χ3v) is 2.09. The van der Waals surface area contributed by atoms with Gasteiger partial charge in [-0.25, -0.2) is 0 Å². The first-order valence-corrected chi connectivity index (χ1v) is 4.20. The van der Waals surface area contributed by atoms with E-state index in [4.69, 9.17) is 11.6 Å². The Kier molecular flexibility index (Phi) is 3.16. The summed E-state index contributed by atoms with van der Waals surface area (Å²) in [6, 6.07) is 0.0475. The van der Waals surface area contributed by atoms with Gasteiger partial charge in [-0.1, -0.05) is 6.42 Å². The second kappa shape index (κ2) is 3.94. The summed E-state index contributed by atoms with van der Waals surface area (Å²) in [6.45, 7) is 0.966. The van der Waals surface area contributed by atoms with Crippen molar-refractivity contribution in [3.8, 4) is 0 Å². The second-order valence-corrected chi connectivity index (χ2v) is 2.87. The van der Waals surface area contributed by atoms with E-state index in [0.717, 1.165) is 19.4 Å². The average molecular weight is 162 g/mol. The van der Waals surface area contributed by atoms with E-state index in [1.807, 2.05) is 0 Å². The number of ketones is 1. The molecule has 0 amide bonds. The molecule has 2 nitrogen and oxygen atoms in total. The highest BCUT2D eigenvalue weighted by Gasteiger charge is 2.18. The molecule has 1 aliphatic heterocycles. The fourth-order valence-electron chi connectivity index (χ4n) is 1.22. The zero-order valence-electron chi connectivity index (χ0n) is 5.90. The first kappa shape index (κ1) is 8.02. The summed E-state index contributed by atoms with van der Waals surface area (Å²) in [7, 11) is 0. The molecule has 10 heavy (non-hydrogen) atoms. The number of nitrogens with one attached hydrogen (secondary N) is 1. The highest BCUT2D eigenvalue weighted by Crippen LogP contribution is 2.07. The van der Waals surface area contributed by atoms with Crippen LogP contribution in [-0.2, 0) is 4.79 Å². The van der Waals surface area contributed by atoms with Crippen LogP contribution >= 0.6 is 11.6 Å². The summed E-state index contributed by atoms with van der Waals surface area (Å²) in [6.07, 6.45) is 3.30. The number of alkyl halides is 1. The van der Waals surface area contributed by atoms with Gasteiger partial charge in [0, 0.05) is 0 Å². The number of carbonyl (C=O) groups excluding carboxylic acids is 1. The van der Waals surface area contributed by atoms with E-state index in [2.05, 4.69) is 5.32 Å². The van der Waals surface area contributed by atoms with E-state index in [1.165, 1.54) is 6.42 Å². The van der Waals surface area contributed by atoms with Crippen molar-refractivity contribution < 1.29 is 4.79 Å². The van der Waals surface area contributed by atoms with Gasteiger partial charge in [0.15, 0.2) is 5.78 Å². The Morgan fingerprint density at radius 3 is 2.90 bits per heavy atom. The zero-order valence-corrected chi connectivity index (χ0v) is 6.66. The summed E-state index contributed by atoms with van der Waals surface area (Å²) in [5, 5.41) is 3.14. The van der Waals surface area contributed by atoms with Crippen molar-refractivity contribution in [1.29, 1.82) is 0 Å². The van der Waals surface area contributed by atoms with Crippen LogP contribution in [0.2, 0.25) is 0 Å². The number of hydrogen-bond acceptors (Lipinski definition) is 2. The highest BCUT2D eigenvalue weighted by atomic mass is 35.5. The normalized spacial score (nSPS) is 26.3. The summed E-state index contributed by atoms with van der Waals surface area (Å²) in [4.78, 5) is 11.0.